The number of hydrogen-bond donors (Lipinski definition) is 1. The molecule has 0 spiro atoms. The van der Waals surface area contributed by atoms with E-state index in [0.717, 1.165) is 20.2 Å². The molecule has 9 heteroatoms. The fourth-order valence-electron chi connectivity index (χ4n) is 1.62. The van der Waals surface area contributed by atoms with Crippen LogP contribution in [0.1, 0.15) is 19.5 Å². The number of aryl methyl sites for hydroxylation is 1. The predicted octanol–water partition coefficient (Wildman–Crippen LogP) is 2.26. The maximum absolute atomic E-state index is 4.31. The lowest BCUT2D eigenvalue weighted by atomic mass is 10.4. The molecule has 0 aliphatic rings. The van der Waals surface area contributed by atoms with Crippen LogP contribution < -0.4 is 5.32 Å². The Morgan fingerprint density at radius 2 is 2.20 bits per heavy atom. The third-order valence-corrected chi connectivity index (χ3v) is 4.26. The van der Waals surface area contributed by atoms with Crippen LogP contribution in [0.2, 0.25) is 0 Å². The minimum atomic E-state index is 0.339. The Kier molecular flexibility index (Phi) is 3.53. The first kappa shape index (κ1) is 13.3. The van der Waals surface area contributed by atoms with Crippen LogP contribution in [0.25, 0.3) is 5.78 Å². The predicted molar refractivity (Wildman–Crippen MR) is 78.3 cm³/mol. The van der Waals surface area contributed by atoms with E-state index in [-0.39, 0.29) is 0 Å². The second-order valence-corrected chi connectivity index (χ2v) is 6.73. The summed E-state index contributed by atoms with van der Waals surface area (Å²) in [6.07, 6.45) is 1.50. The van der Waals surface area contributed by atoms with E-state index in [1.54, 1.807) is 4.52 Å². The Morgan fingerprint density at radius 1 is 1.35 bits per heavy atom. The molecule has 104 valence electrons. The molecule has 0 aromatic carbocycles. The molecular weight excluding hydrogens is 294 g/mol. The zero-order valence-electron chi connectivity index (χ0n) is 11.2. The maximum atomic E-state index is 4.31. The van der Waals surface area contributed by atoms with E-state index in [4.69, 9.17) is 0 Å². The molecular formula is C11H13N7S2. The van der Waals surface area contributed by atoms with E-state index in [9.17, 15) is 0 Å². The number of nitrogens with one attached hydrogen (secondary N) is 1. The molecule has 3 rings (SSSR count). The van der Waals surface area contributed by atoms with Gasteiger partial charge in [-0.15, -0.1) is 10.2 Å². The minimum Gasteiger partial charge on any atom is -0.358 e. The fraction of sp³-hybridized carbons (Fsp3) is 0.364. The molecule has 0 saturated heterocycles. The van der Waals surface area contributed by atoms with Crippen LogP contribution in [0, 0.1) is 6.92 Å². The van der Waals surface area contributed by atoms with Crippen molar-refractivity contribution in [3.8, 4) is 0 Å². The molecule has 1 N–H and O–H groups in total. The number of nitrogens with zero attached hydrogens (tertiary/aromatic N) is 6. The van der Waals surface area contributed by atoms with Crippen molar-refractivity contribution in [2.24, 2.45) is 0 Å². The van der Waals surface area contributed by atoms with Crippen molar-refractivity contribution in [3.05, 3.63) is 18.1 Å². The van der Waals surface area contributed by atoms with Gasteiger partial charge in [0.05, 0.1) is 0 Å². The molecule has 0 unspecified atom stereocenters. The number of rotatable bonds is 4. The second-order valence-electron chi connectivity index (χ2n) is 4.48. The fourth-order valence-corrected chi connectivity index (χ4v) is 3.60. The van der Waals surface area contributed by atoms with Gasteiger partial charge >= 0.3 is 0 Å². The molecule has 0 radical (unpaired) electrons. The van der Waals surface area contributed by atoms with E-state index in [2.05, 4.69) is 44.4 Å². The summed E-state index contributed by atoms with van der Waals surface area (Å²) in [5.41, 5.74) is 0.901. The van der Waals surface area contributed by atoms with Gasteiger partial charge in [-0.05, 0) is 38.6 Å². The first-order valence-corrected chi connectivity index (χ1v) is 7.70. The van der Waals surface area contributed by atoms with Gasteiger partial charge in [0.25, 0.3) is 5.78 Å². The van der Waals surface area contributed by atoms with Crippen molar-refractivity contribution in [2.75, 3.05) is 5.32 Å². The van der Waals surface area contributed by atoms with Crippen molar-refractivity contribution < 1.29 is 0 Å². The van der Waals surface area contributed by atoms with Crippen LogP contribution in [0.4, 0.5) is 5.13 Å². The third-order valence-electron chi connectivity index (χ3n) is 2.36. The largest absolute Gasteiger partial charge is 0.358 e. The average molecular weight is 307 g/mol. The van der Waals surface area contributed by atoms with Gasteiger partial charge in [0.15, 0.2) is 4.34 Å². The highest BCUT2D eigenvalue weighted by atomic mass is 32.2. The molecule has 0 amide bonds. The summed E-state index contributed by atoms with van der Waals surface area (Å²) in [5, 5.41) is 17.5. The van der Waals surface area contributed by atoms with E-state index >= 15 is 0 Å². The van der Waals surface area contributed by atoms with Crippen LogP contribution in [0.5, 0.6) is 0 Å². The highest BCUT2D eigenvalue weighted by Crippen LogP contribution is 2.32. The van der Waals surface area contributed by atoms with Gasteiger partial charge < -0.3 is 5.32 Å². The molecule has 0 saturated carbocycles. The normalized spacial score (nSPS) is 11.4. The van der Waals surface area contributed by atoms with Gasteiger partial charge in [0.2, 0.25) is 5.13 Å². The first-order chi connectivity index (χ1) is 9.61. The van der Waals surface area contributed by atoms with Crippen molar-refractivity contribution in [1.82, 2.24) is 29.8 Å². The van der Waals surface area contributed by atoms with Crippen LogP contribution in [-0.2, 0) is 0 Å². The van der Waals surface area contributed by atoms with E-state index in [0.29, 0.717) is 11.8 Å². The number of anilines is 1. The second kappa shape index (κ2) is 5.33. The Morgan fingerprint density at radius 3 is 3.00 bits per heavy atom. The van der Waals surface area contributed by atoms with Crippen LogP contribution in [-0.4, -0.2) is 35.8 Å². The molecule has 3 aromatic heterocycles. The number of hydrogen-bond acceptors (Lipinski definition) is 8. The lowest BCUT2D eigenvalue weighted by Crippen LogP contribution is -2.08. The maximum Gasteiger partial charge on any atom is 0.253 e. The smallest absolute Gasteiger partial charge is 0.253 e. The highest BCUT2D eigenvalue weighted by Gasteiger charge is 2.11. The molecule has 0 aliphatic heterocycles. The zero-order chi connectivity index (χ0) is 14.1. The van der Waals surface area contributed by atoms with Gasteiger partial charge in [0.1, 0.15) is 11.4 Å². The average Bonchev–Trinajstić information content (AvgIpc) is 2.97. The lowest BCUT2D eigenvalue weighted by molar-refractivity contribution is 0.832. The Bertz CT molecular complexity index is 733. The van der Waals surface area contributed by atoms with Gasteiger partial charge in [-0.2, -0.15) is 14.6 Å². The summed E-state index contributed by atoms with van der Waals surface area (Å²) in [6.45, 7) is 6.07. The molecule has 7 nitrogen and oxygen atoms in total. The number of aromatic nitrogens is 6. The Labute approximate surface area is 123 Å². The molecule has 3 aromatic rings. The molecule has 0 atom stereocenters. The van der Waals surface area contributed by atoms with Crippen molar-refractivity contribution in [3.63, 3.8) is 0 Å². The number of fused-ring (bicyclic) bond motifs is 1. The summed E-state index contributed by atoms with van der Waals surface area (Å²) in [6, 6.07) is 2.30. The van der Waals surface area contributed by atoms with E-state index in [1.165, 1.54) is 29.4 Å². The van der Waals surface area contributed by atoms with Gasteiger partial charge in [-0.1, -0.05) is 11.3 Å². The minimum absolute atomic E-state index is 0.339. The quantitative estimate of drug-likeness (QED) is 0.740. The van der Waals surface area contributed by atoms with Gasteiger partial charge in [-0.3, -0.25) is 0 Å². The van der Waals surface area contributed by atoms with Crippen molar-refractivity contribution in [1.29, 1.82) is 0 Å². The summed E-state index contributed by atoms with van der Waals surface area (Å²) in [4.78, 5) is 8.42. The SMILES string of the molecule is Cc1cc(Sc2nnc(NC(C)C)s2)n2ncnc2n1. The highest BCUT2D eigenvalue weighted by molar-refractivity contribution is 8.01. The van der Waals surface area contributed by atoms with E-state index < -0.39 is 0 Å². The van der Waals surface area contributed by atoms with Gasteiger partial charge in [0, 0.05) is 11.7 Å². The molecule has 20 heavy (non-hydrogen) atoms. The molecule has 0 fully saturated rings. The topological polar surface area (TPSA) is 80.9 Å². The standard InChI is InChI=1S/C11H13N7S2/c1-6(2)14-10-16-17-11(20-10)19-8-4-7(3)15-9-12-5-13-18(8)9/h4-6H,1-3H3,(H,14,16). The van der Waals surface area contributed by atoms with Gasteiger partial charge in [-0.25, -0.2) is 4.98 Å². The monoisotopic (exact) mass is 307 g/mol. The summed E-state index contributed by atoms with van der Waals surface area (Å²) in [5.74, 6) is 0.595. The van der Waals surface area contributed by atoms with Crippen LogP contribution >= 0.6 is 23.1 Å². The molecule has 0 aliphatic carbocycles. The Balaban J connectivity index is 1.89. The van der Waals surface area contributed by atoms with Crippen molar-refractivity contribution in [2.45, 2.75) is 36.2 Å². The van der Waals surface area contributed by atoms with Crippen molar-refractivity contribution >= 4 is 34.0 Å². The van der Waals surface area contributed by atoms with E-state index in [1.807, 2.05) is 13.0 Å². The third kappa shape index (κ3) is 2.73. The first-order valence-electron chi connectivity index (χ1n) is 6.07. The summed E-state index contributed by atoms with van der Waals surface area (Å²) in [7, 11) is 0. The summed E-state index contributed by atoms with van der Waals surface area (Å²) >= 11 is 3.03. The molecule has 3 heterocycles. The lowest BCUT2D eigenvalue weighted by Gasteiger charge is -2.03. The van der Waals surface area contributed by atoms with Crippen LogP contribution in [0.3, 0.4) is 0 Å². The summed E-state index contributed by atoms with van der Waals surface area (Å²) < 4.78 is 2.56. The Hall–Kier alpha value is -1.74. The van der Waals surface area contributed by atoms with Crippen LogP contribution in [0.15, 0.2) is 21.8 Å². The molecule has 0 bridgehead atoms. The zero-order valence-corrected chi connectivity index (χ0v) is 12.9.